The maximum atomic E-state index is 11.7. The van der Waals surface area contributed by atoms with E-state index in [2.05, 4.69) is 12.2 Å². The van der Waals surface area contributed by atoms with Crippen molar-refractivity contribution in [3.63, 3.8) is 0 Å². The van der Waals surface area contributed by atoms with Gasteiger partial charge in [0.1, 0.15) is 6.61 Å². The van der Waals surface area contributed by atoms with Gasteiger partial charge in [-0.05, 0) is 45.6 Å². The van der Waals surface area contributed by atoms with Gasteiger partial charge in [0.25, 0.3) is 0 Å². The van der Waals surface area contributed by atoms with Gasteiger partial charge in [-0.25, -0.2) is 0 Å². The van der Waals surface area contributed by atoms with Gasteiger partial charge in [-0.2, -0.15) is 0 Å². The highest BCUT2D eigenvalue weighted by Gasteiger charge is 2.27. The molecule has 1 amide bonds. The van der Waals surface area contributed by atoms with Crippen LogP contribution in [0.2, 0.25) is 0 Å². The SMILES string of the molecule is CCC(C)(C)NC(=O)COC1CCCC1CN. The molecule has 0 spiro atoms. The topological polar surface area (TPSA) is 64.3 Å². The van der Waals surface area contributed by atoms with Crippen molar-refractivity contribution >= 4 is 5.91 Å². The quantitative estimate of drug-likeness (QED) is 0.740. The van der Waals surface area contributed by atoms with Crippen molar-refractivity contribution in [2.75, 3.05) is 13.2 Å². The molecule has 1 rings (SSSR count). The van der Waals surface area contributed by atoms with Crippen molar-refractivity contribution in [1.82, 2.24) is 5.32 Å². The van der Waals surface area contributed by atoms with Crippen LogP contribution in [0.1, 0.15) is 46.5 Å². The monoisotopic (exact) mass is 242 g/mol. The summed E-state index contributed by atoms with van der Waals surface area (Å²) in [6, 6.07) is 0. The first-order chi connectivity index (χ1) is 7.98. The summed E-state index contributed by atoms with van der Waals surface area (Å²) in [6.45, 7) is 6.91. The Morgan fingerprint density at radius 3 is 2.76 bits per heavy atom. The summed E-state index contributed by atoms with van der Waals surface area (Å²) in [5, 5.41) is 2.97. The molecule has 0 aromatic rings. The van der Waals surface area contributed by atoms with Gasteiger partial charge in [0.05, 0.1) is 6.10 Å². The Balaban J connectivity index is 2.28. The van der Waals surface area contributed by atoms with Gasteiger partial charge < -0.3 is 15.8 Å². The molecule has 17 heavy (non-hydrogen) atoms. The molecule has 2 atom stereocenters. The van der Waals surface area contributed by atoms with E-state index in [1.54, 1.807) is 0 Å². The van der Waals surface area contributed by atoms with Crippen LogP contribution in [0, 0.1) is 5.92 Å². The number of rotatable bonds is 6. The highest BCUT2D eigenvalue weighted by molar-refractivity contribution is 5.77. The molecule has 100 valence electrons. The summed E-state index contributed by atoms with van der Waals surface area (Å²) in [4.78, 5) is 11.7. The van der Waals surface area contributed by atoms with Crippen LogP contribution in [0.15, 0.2) is 0 Å². The molecule has 1 aliphatic carbocycles. The summed E-state index contributed by atoms with van der Waals surface area (Å²) < 4.78 is 5.67. The zero-order valence-electron chi connectivity index (χ0n) is 11.3. The second-order valence-corrected chi connectivity index (χ2v) is 5.56. The number of carbonyl (C=O) groups is 1. The van der Waals surface area contributed by atoms with Crippen molar-refractivity contribution in [1.29, 1.82) is 0 Å². The van der Waals surface area contributed by atoms with Crippen LogP contribution in [0.5, 0.6) is 0 Å². The zero-order chi connectivity index (χ0) is 12.9. The fraction of sp³-hybridized carbons (Fsp3) is 0.923. The van der Waals surface area contributed by atoms with E-state index >= 15 is 0 Å². The molecule has 0 heterocycles. The minimum atomic E-state index is -0.149. The Kier molecular flexibility index (Phi) is 5.40. The lowest BCUT2D eigenvalue weighted by atomic mass is 10.0. The van der Waals surface area contributed by atoms with Crippen molar-refractivity contribution in [3.05, 3.63) is 0 Å². The maximum Gasteiger partial charge on any atom is 0.246 e. The van der Waals surface area contributed by atoms with Gasteiger partial charge in [0, 0.05) is 5.54 Å². The molecule has 0 aliphatic heterocycles. The number of nitrogens with one attached hydrogen (secondary N) is 1. The van der Waals surface area contributed by atoms with E-state index < -0.39 is 0 Å². The van der Waals surface area contributed by atoms with Gasteiger partial charge in [0.15, 0.2) is 0 Å². The smallest absolute Gasteiger partial charge is 0.246 e. The van der Waals surface area contributed by atoms with E-state index in [1.807, 2.05) is 13.8 Å². The van der Waals surface area contributed by atoms with Crippen LogP contribution >= 0.6 is 0 Å². The average molecular weight is 242 g/mol. The van der Waals surface area contributed by atoms with Gasteiger partial charge >= 0.3 is 0 Å². The lowest BCUT2D eigenvalue weighted by Crippen LogP contribution is -2.45. The standard InChI is InChI=1S/C13H26N2O2/c1-4-13(2,3)15-12(16)9-17-11-7-5-6-10(11)8-14/h10-11H,4-9,14H2,1-3H3,(H,15,16). The highest BCUT2D eigenvalue weighted by atomic mass is 16.5. The molecule has 0 bridgehead atoms. The van der Waals surface area contributed by atoms with Crippen molar-refractivity contribution in [3.8, 4) is 0 Å². The van der Waals surface area contributed by atoms with E-state index in [4.69, 9.17) is 10.5 Å². The summed E-state index contributed by atoms with van der Waals surface area (Å²) in [5.74, 6) is 0.404. The lowest BCUT2D eigenvalue weighted by Gasteiger charge is -2.25. The Labute approximate surface area is 104 Å². The normalized spacial score (nSPS) is 24.9. The first-order valence-corrected chi connectivity index (χ1v) is 6.61. The van der Waals surface area contributed by atoms with Gasteiger partial charge in [-0.1, -0.05) is 13.3 Å². The Morgan fingerprint density at radius 2 is 2.18 bits per heavy atom. The van der Waals surface area contributed by atoms with E-state index in [0.717, 1.165) is 25.7 Å². The molecule has 0 aromatic carbocycles. The average Bonchev–Trinajstić information content (AvgIpc) is 2.73. The first-order valence-electron chi connectivity index (χ1n) is 6.61. The fourth-order valence-electron chi connectivity index (χ4n) is 2.18. The third-order valence-electron chi connectivity index (χ3n) is 3.68. The zero-order valence-corrected chi connectivity index (χ0v) is 11.3. The fourth-order valence-corrected chi connectivity index (χ4v) is 2.18. The molecule has 3 N–H and O–H groups in total. The molecule has 0 radical (unpaired) electrons. The van der Waals surface area contributed by atoms with Crippen LogP contribution in [0.3, 0.4) is 0 Å². The second kappa shape index (κ2) is 6.36. The number of hydrogen-bond acceptors (Lipinski definition) is 3. The minimum absolute atomic E-state index is 0.0282. The Hall–Kier alpha value is -0.610. The third kappa shape index (κ3) is 4.64. The summed E-state index contributed by atoms with van der Waals surface area (Å²) in [6.07, 6.45) is 4.41. The maximum absolute atomic E-state index is 11.7. The largest absolute Gasteiger partial charge is 0.368 e. The van der Waals surface area contributed by atoms with Gasteiger partial charge in [-0.3, -0.25) is 4.79 Å². The molecule has 1 fully saturated rings. The van der Waals surface area contributed by atoms with Crippen LogP contribution < -0.4 is 11.1 Å². The van der Waals surface area contributed by atoms with Gasteiger partial charge in [-0.15, -0.1) is 0 Å². The summed E-state index contributed by atoms with van der Waals surface area (Å²) >= 11 is 0. The van der Waals surface area contributed by atoms with E-state index in [-0.39, 0.29) is 24.2 Å². The molecule has 0 saturated heterocycles. The number of nitrogens with two attached hydrogens (primary N) is 1. The van der Waals surface area contributed by atoms with E-state index in [1.165, 1.54) is 0 Å². The minimum Gasteiger partial charge on any atom is -0.368 e. The van der Waals surface area contributed by atoms with Crippen molar-refractivity contribution < 1.29 is 9.53 Å². The van der Waals surface area contributed by atoms with Gasteiger partial charge in [0.2, 0.25) is 5.91 Å². The predicted molar refractivity (Wildman–Crippen MR) is 68.6 cm³/mol. The number of ether oxygens (including phenoxy) is 1. The molecule has 2 unspecified atom stereocenters. The van der Waals surface area contributed by atoms with Crippen molar-refractivity contribution in [2.24, 2.45) is 11.7 Å². The number of amides is 1. The molecule has 1 aliphatic rings. The number of carbonyl (C=O) groups excluding carboxylic acids is 1. The van der Waals surface area contributed by atoms with Crippen LogP contribution in [0.4, 0.5) is 0 Å². The molecule has 4 heteroatoms. The molecule has 1 saturated carbocycles. The molecular formula is C13H26N2O2. The predicted octanol–water partition coefficient (Wildman–Crippen LogP) is 1.44. The lowest BCUT2D eigenvalue weighted by molar-refractivity contribution is -0.130. The van der Waals surface area contributed by atoms with Crippen LogP contribution in [-0.4, -0.2) is 30.7 Å². The second-order valence-electron chi connectivity index (χ2n) is 5.56. The van der Waals surface area contributed by atoms with Crippen LogP contribution in [0.25, 0.3) is 0 Å². The van der Waals surface area contributed by atoms with E-state index in [0.29, 0.717) is 12.5 Å². The molecular weight excluding hydrogens is 216 g/mol. The van der Waals surface area contributed by atoms with E-state index in [9.17, 15) is 4.79 Å². The highest BCUT2D eigenvalue weighted by Crippen LogP contribution is 2.27. The molecule has 4 nitrogen and oxygen atoms in total. The van der Waals surface area contributed by atoms with Crippen LogP contribution in [-0.2, 0) is 9.53 Å². The third-order valence-corrected chi connectivity index (χ3v) is 3.68. The summed E-state index contributed by atoms with van der Waals surface area (Å²) in [7, 11) is 0. The summed E-state index contributed by atoms with van der Waals surface area (Å²) in [5.41, 5.74) is 5.52. The molecule has 0 aromatic heterocycles. The Morgan fingerprint density at radius 1 is 1.47 bits per heavy atom. The number of hydrogen-bond donors (Lipinski definition) is 2. The van der Waals surface area contributed by atoms with Crippen molar-refractivity contribution in [2.45, 2.75) is 58.1 Å². The first kappa shape index (κ1) is 14.5. The Bertz CT molecular complexity index is 254.